The van der Waals surface area contributed by atoms with Gasteiger partial charge in [0.25, 0.3) is 5.91 Å². The molecule has 154 valence electrons. The van der Waals surface area contributed by atoms with Gasteiger partial charge in [0, 0.05) is 62.8 Å². The Balaban J connectivity index is 1.39. The number of fused-ring (bicyclic) bond motifs is 1. The van der Waals surface area contributed by atoms with Crippen LogP contribution in [0.3, 0.4) is 0 Å². The summed E-state index contributed by atoms with van der Waals surface area (Å²) in [6, 6.07) is 0. The molecule has 7 nitrogen and oxygen atoms in total. The lowest BCUT2D eigenvalue weighted by atomic mass is 9.96. The zero-order valence-corrected chi connectivity index (χ0v) is 17.5. The lowest BCUT2D eigenvalue weighted by Crippen LogP contribution is -2.41. The van der Waals surface area contributed by atoms with Gasteiger partial charge in [0.15, 0.2) is 5.82 Å². The van der Waals surface area contributed by atoms with Crippen molar-refractivity contribution >= 4 is 11.7 Å². The van der Waals surface area contributed by atoms with Crippen LogP contribution in [0.5, 0.6) is 0 Å². The van der Waals surface area contributed by atoms with Crippen LogP contribution in [0, 0.1) is 12.8 Å². The van der Waals surface area contributed by atoms with Crippen LogP contribution in [0.4, 0.5) is 5.82 Å². The minimum Gasteiger partial charge on any atom is -0.356 e. The fraction of sp³-hybridized carbons (Fsp3) is 0.636. The second-order valence-electron chi connectivity index (χ2n) is 8.91. The largest absolute Gasteiger partial charge is 0.356 e. The summed E-state index contributed by atoms with van der Waals surface area (Å²) in [5, 5.41) is 0. The molecule has 2 fully saturated rings. The lowest BCUT2D eigenvalue weighted by Gasteiger charge is -2.34. The number of hydrogen-bond acceptors (Lipinski definition) is 5. The fourth-order valence-corrected chi connectivity index (χ4v) is 4.77. The van der Waals surface area contributed by atoms with Crippen molar-refractivity contribution in [3.8, 4) is 0 Å². The minimum absolute atomic E-state index is 0.00671. The molecule has 3 aliphatic rings. The Morgan fingerprint density at radius 3 is 2.79 bits per heavy atom. The Hall–Kier alpha value is -2.44. The normalized spacial score (nSPS) is 21.9. The molecular weight excluding hydrogens is 364 g/mol. The Morgan fingerprint density at radius 2 is 2.03 bits per heavy atom. The Bertz CT molecular complexity index is 918. The van der Waals surface area contributed by atoms with Gasteiger partial charge in [0.05, 0.1) is 0 Å². The molecule has 1 saturated heterocycles. The number of rotatable bonds is 4. The van der Waals surface area contributed by atoms with Crippen LogP contribution in [-0.2, 0) is 13.5 Å². The van der Waals surface area contributed by atoms with E-state index >= 15 is 0 Å². The maximum atomic E-state index is 12.9. The fourth-order valence-electron chi connectivity index (χ4n) is 4.77. The molecule has 29 heavy (non-hydrogen) atoms. The molecule has 1 atom stereocenters. The molecule has 0 bridgehead atoms. The lowest BCUT2D eigenvalue weighted by molar-refractivity contribution is 0.0688. The van der Waals surface area contributed by atoms with E-state index < -0.39 is 0 Å². The zero-order chi connectivity index (χ0) is 20.0. The zero-order valence-electron chi connectivity index (χ0n) is 17.5. The highest BCUT2D eigenvalue weighted by Gasteiger charge is 2.32. The maximum absolute atomic E-state index is 12.9. The molecule has 2 aromatic rings. The van der Waals surface area contributed by atoms with Crippen molar-refractivity contribution in [1.82, 2.24) is 24.4 Å². The van der Waals surface area contributed by atoms with Crippen LogP contribution in [0.15, 0.2) is 12.4 Å². The van der Waals surface area contributed by atoms with E-state index in [2.05, 4.69) is 16.8 Å². The van der Waals surface area contributed by atoms with Crippen LogP contribution in [0.1, 0.15) is 65.7 Å². The van der Waals surface area contributed by atoms with Crippen LogP contribution in [0.25, 0.3) is 0 Å². The number of carbonyl (C=O) groups is 1. The molecule has 0 unspecified atom stereocenters. The number of nitrogens with zero attached hydrogens (tertiary/aromatic N) is 6. The van der Waals surface area contributed by atoms with Gasteiger partial charge in [0.2, 0.25) is 0 Å². The summed E-state index contributed by atoms with van der Waals surface area (Å²) in [5.41, 5.74) is 2.45. The first-order valence-electron chi connectivity index (χ1n) is 11.0. The van der Waals surface area contributed by atoms with Gasteiger partial charge < -0.3 is 14.4 Å². The Kier molecular flexibility index (Phi) is 4.76. The first-order valence-corrected chi connectivity index (χ1v) is 11.0. The summed E-state index contributed by atoms with van der Waals surface area (Å²) in [5.74, 6) is 3.64. The van der Waals surface area contributed by atoms with Crippen molar-refractivity contribution in [3.05, 3.63) is 35.3 Å². The molecular formula is C22H30N6O. The number of aromatic nitrogens is 4. The van der Waals surface area contributed by atoms with Crippen molar-refractivity contribution in [2.45, 2.75) is 51.4 Å². The first-order chi connectivity index (χ1) is 14.1. The molecule has 1 aliphatic carbocycles. The van der Waals surface area contributed by atoms with Crippen LogP contribution in [0.2, 0.25) is 0 Å². The van der Waals surface area contributed by atoms with Gasteiger partial charge in [0.1, 0.15) is 11.6 Å². The van der Waals surface area contributed by atoms with Gasteiger partial charge in [-0.15, -0.1) is 0 Å². The van der Waals surface area contributed by atoms with Crippen molar-refractivity contribution in [2.75, 3.05) is 31.1 Å². The van der Waals surface area contributed by atoms with Crippen LogP contribution in [-0.4, -0.2) is 56.5 Å². The van der Waals surface area contributed by atoms with Crippen molar-refractivity contribution < 1.29 is 4.79 Å². The van der Waals surface area contributed by atoms with Gasteiger partial charge in [-0.3, -0.25) is 4.79 Å². The van der Waals surface area contributed by atoms with E-state index in [4.69, 9.17) is 9.97 Å². The van der Waals surface area contributed by atoms with E-state index in [0.29, 0.717) is 12.4 Å². The van der Waals surface area contributed by atoms with Gasteiger partial charge >= 0.3 is 0 Å². The predicted molar refractivity (Wildman–Crippen MR) is 111 cm³/mol. The van der Waals surface area contributed by atoms with E-state index in [1.807, 2.05) is 18.1 Å². The predicted octanol–water partition coefficient (Wildman–Crippen LogP) is 2.70. The second-order valence-corrected chi connectivity index (χ2v) is 8.91. The molecule has 1 saturated carbocycles. The van der Waals surface area contributed by atoms with E-state index in [1.54, 1.807) is 10.8 Å². The van der Waals surface area contributed by atoms with Gasteiger partial charge in [-0.1, -0.05) is 0 Å². The molecule has 0 spiro atoms. The van der Waals surface area contributed by atoms with Gasteiger partial charge in [-0.25, -0.2) is 15.0 Å². The van der Waals surface area contributed by atoms with E-state index in [9.17, 15) is 4.79 Å². The van der Waals surface area contributed by atoms with Gasteiger partial charge in [-0.2, -0.15) is 0 Å². The highest BCUT2D eigenvalue weighted by Crippen LogP contribution is 2.36. The summed E-state index contributed by atoms with van der Waals surface area (Å²) >= 11 is 0. The first kappa shape index (κ1) is 18.6. The summed E-state index contributed by atoms with van der Waals surface area (Å²) in [7, 11) is 1.87. The maximum Gasteiger partial charge on any atom is 0.289 e. The number of imidazole rings is 1. The molecule has 0 aromatic carbocycles. The molecule has 2 aliphatic heterocycles. The Morgan fingerprint density at radius 1 is 1.17 bits per heavy atom. The summed E-state index contributed by atoms with van der Waals surface area (Å²) < 4.78 is 1.79. The molecule has 7 heteroatoms. The number of anilines is 1. The molecule has 4 heterocycles. The third-order valence-corrected chi connectivity index (χ3v) is 6.63. The molecule has 2 aromatic heterocycles. The second kappa shape index (κ2) is 7.43. The average Bonchev–Trinajstić information content (AvgIpc) is 3.45. The van der Waals surface area contributed by atoms with Crippen LogP contribution < -0.4 is 4.90 Å². The SMILES string of the molecule is Cc1nc([C@H]2CCCN(C(=O)c3nccn3C)C2)nc2c1CCCN2CC1CC1. The third-order valence-electron chi connectivity index (χ3n) is 6.63. The van der Waals surface area contributed by atoms with Crippen molar-refractivity contribution in [2.24, 2.45) is 13.0 Å². The van der Waals surface area contributed by atoms with E-state index in [0.717, 1.165) is 56.3 Å². The number of aryl methyl sites for hydroxylation is 2. The number of amides is 1. The summed E-state index contributed by atoms with van der Waals surface area (Å²) in [4.78, 5) is 31.6. The van der Waals surface area contributed by atoms with Gasteiger partial charge in [-0.05, 0) is 51.4 Å². The number of hydrogen-bond donors (Lipinski definition) is 0. The monoisotopic (exact) mass is 394 g/mol. The Labute approximate surface area is 172 Å². The molecule has 0 radical (unpaired) electrons. The highest BCUT2D eigenvalue weighted by atomic mass is 16.2. The molecule has 1 amide bonds. The number of piperidine rings is 1. The van der Waals surface area contributed by atoms with E-state index in [1.165, 1.54) is 30.6 Å². The highest BCUT2D eigenvalue weighted by molar-refractivity contribution is 5.90. The van der Waals surface area contributed by atoms with Crippen molar-refractivity contribution in [1.29, 1.82) is 0 Å². The average molecular weight is 395 g/mol. The molecule has 0 N–H and O–H groups in total. The van der Waals surface area contributed by atoms with E-state index in [-0.39, 0.29) is 11.8 Å². The summed E-state index contributed by atoms with van der Waals surface area (Å²) in [6.45, 7) is 5.82. The third kappa shape index (κ3) is 3.63. The topological polar surface area (TPSA) is 67.2 Å². The minimum atomic E-state index is 0.00671. The molecule has 5 rings (SSSR count). The number of likely N-dealkylation sites (tertiary alicyclic amines) is 1. The van der Waals surface area contributed by atoms with Crippen molar-refractivity contribution in [3.63, 3.8) is 0 Å². The quantitative estimate of drug-likeness (QED) is 0.798. The van der Waals surface area contributed by atoms with Crippen LogP contribution >= 0.6 is 0 Å². The number of carbonyl (C=O) groups excluding carboxylic acids is 1. The standard InChI is InChI=1S/C22H30N6O/c1-15-18-6-4-10-27(13-16-7-8-16)20(18)25-19(24-15)17-5-3-11-28(14-17)22(29)21-23-9-12-26(21)2/h9,12,16-17H,3-8,10-11,13-14H2,1-2H3/t17-/m0/s1. The summed E-state index contributed by atoms with van der Waals surface area (Å²) in [6.07, 6.45) is 10.5. The smallest absolute Gasteiger partial charge is 0.289 e.